The zero-order chi connectivity index (χ0) is 73.1. The third kappa shape index (κ3) is 68.1. The highest BCUT2D eigenvalue weighted by molar-refractivity contribution is 4.62. The van der Waals surface area contributed by atoms with Crippen LogP contribution in [-0.4, -0.2) is 283 Å². The Morgan fingerprint density at radius 3 is 0.510 bits per heavy atom. The molecule has 26 nitrogen and oxygen atoms in total. The van der Waals surface area contributed by atoms with Gasteiger partial charge in [0.25, 0.3) is 0 Å². The van der Waals surface area contributed by atoms with Crippen molar-refractivity contribution < 1.29 is 125 Å². The molecule has 0 aromatic heterocycles. The summed E-state index contributed by atoms with van der Waals surface area (Å²) in [6, 6.07) is 0. The number of hydrogen-bond donors (Lipinski definition) is 4. The van der Waals surface area contributed by atoms with Crippen molar-refractivity contribution in [2.75, 3.05) is 226 Å². The molecule has 4 N–H and O–H groups in total. The Morgan fingerprint density at radius 1 is 0.184 bits per heavy atom. The third-order valence-corrected chi connectivity index (χ3v) is 14.9. The Balaban J connectivity index is 0. The van der Waals surface area contributed by atoms with Crippen molar-refractivity contribution in [3.05, 3.63) is 0 Å². The molecule has 0 heterocycles. The largest absolute Gasteiger partial charge is 0.394 e. The van der Waals surface area contributed by atoms with E-state index in [9.17, 15) is 10.2 Å². The van der Waals surface area contributed by atoms with Gasteiger partial charge in [0, 0.05) is 47.3 Å². The summed E-state index contributed by atoms with van der Waals surface area (Å²) in [6.45, 7) is 47.1. The first-order valence-corrected chi connectivity index (χ1v) is 36.7. The fraction of sp³-hybridized carbons (Fsp3) is 1.00. The van der Waals surface area contributed by atoms with Crippen LogP contribution >= 0.6 is 0 Å². The van der Waals surface area contributed by atoms with E-state index >= 15 is 0 Å². The molecule has 0 rings (SSSR count). The van der Waals surface area contributed by atoms with E-state index in [1.807, 2.05) is 13.8 Å². The maximum atomic E-state index is 9.24. The molecule has 0 spiro atoms. The van der Waals surface area contributed by atoms with Gasteiger partial charge in [0.05, 0.1) is 196 Å². The highest BCUT2D eigenvalue weighted by Crippen LogP contribution is 2.12. The van der Waals surface area contributed by atoms with E-state index in [1.54, 1.807) is 0 Å². The molecule has 0 aromatic rings. The molecule has 0 radical (unpaired) electrons. The second-order valence-corrected chi connectivity index (χ2v) is 26.9. The number of aliphatic hydroxyl groups excluding tert-OH is 4. The van der Waals surface area contributed by atoms with Crippen molar-refractivity contribution in [3.63, 3.8) is 0 Å². The van der Waals surface area contributed by atoms with E-state index in [0.29, 0.717) is 169 Å². The zero-order valence-corrected chi connectivity index (χ0v) is 64.3. The van der Waals surface area contributed by atoms with Crippen LogP contribution in [0.15, 0.2) is 0 Å². The summed E-state index contributed by atoms with van der Waals surface area (Å²) >= 11 is 0. The predicted octanol–water partition coefficient (Wildman–Crippen LogP) is 9.00. The fourth-order valence-electron chi connectivity index (χ4n) is 8.05. The van der Waals surface area contributed by atoms with E-state index < -0.39 is 12.2 Å². The quantitative estimate of drug-likeness (QED) is 0.0326. The zero-order valence-electron chi connectivity index (χ0n) is 64.3. The molecule has 0 saturated heterocycles. The Labute approximate surface area is 593 Å². The molecule has 16 atom stereocenters. The molecule has 0 saturated carbocycles. The van der Waals surface area contributed by atoms with Gasteiger partial charge >= 0.3 is 0 Å². The monoisotopic (exact) mass is 1430 g/mol. The van der Waals surface area contributed by atoms with Gasteiger partial charge in [-0.15, -0.1) is 0 Å². The summed E-state index contributed by atoms with van der Waals surface area (Å²) in [5, 5.41) is 36.0. The minimum Gasteiger partial charge on any atom is -0.394 e. The van der Waals surface area contributed by atoms with Gasteiger partial charge in [-0.2, -0.15) is 0 Å². The lowest BCUT2D eigenvalue weighted by molar-refractivity contribution is -0.126. The second-order valence-electron chi connectivity index (χ2n) is 26.9. The van der Waals surface area contributed by atoms with Gasteiger partial charge in [-0.05, 0) is 37.5 Å². The number of hydrogen-bond acceptors (Lipinski definition) is 26. The minimum atomic E-state index is -0.886. The molecule has 0 aliphatic carbocycles. The molecular formula is C72H148O26. The van der Waals surface area contributed by atoms with E-state index in [-0.39, 0.29) is 127 Å². The fourth-order valence-corrected chi connectivity index (χ4v) is 8.05. The Hall–Kier alpha value is -1.04. The maximum absolute atomic E-state index is 9.24. The number of rotatable bonds is 76. The van der Waals surface area contributed by atoms with Crippen molar-refractivity contribution >= 4 is 0 Å². The molecule has 592 valence electrons. The van der Waals surface area contributed by atoms with Crippen LogP contribution in [0.25, 0.3) is 0 Å². The number of ether oxygens (including phenoxy) is 22. The van der Waals surface area contributed by atoms with Crippen LogP contribution in [0, 0.1) is 59.2 Å². The lowest BCUT2D eigenvalue weighted by atomic mass is 10.1. The standard InChI is InChI=1S/2C36H74O13/c2*1-9-29(4)13-40-25-41-16-30(5)14-39-15-31(6)17-42-26-43-18-32(7)20-48-35(10-2)23-46-28-47-24-36(11-3)49-21-33(8)19-44-27-45-22-34(38)12-37/h2*29-38H,9-28H2,1-8H3. The van der Waals surface area contributed by atoms with Crippen LogP contribution in [0.3, 0.4) is 0 Å². The van der Waals surface area contributed by atoms with E-state index in [1.165, 1.54) is 0 Å². The Bertz CT molecular complexity index is 1460. The summed E-state index contributed by atoms with van der Waals surface area (Å²) < 4.78 is 125. The first-order chi connectivity index (χ1) is 47.3. The summed E-state index contributed by atoms with van der Waals surface area (Å²) in [5.41, 5.74) is 0. The SMILES string of the molecule is CCC(C)COCOCC(C)COCC(C)COCOCC(C)COC(CC)COCOCC(CC)OCC(C)COCOCC(O)CO.CCC(C)COCOCC(C)COCC(C)COCOCC(C)COC(CC)COCOCC(CC)OCC(C)COCOCC(O)CO. The van der Waals surface area contributed by atoms with Crippen LogP contribution in [0.2, 0.25) is 0 Å². The number of aliphatic hydroxyl groups is 4. The Kier molecular flexibility index (Phi) is 73.6. The molecule has 0 bridgehead atoms. The third-order valence-electron chi connectivity index (χ3n) is 14.9. The van der Waals surface area contributed by atoms with E-state index in [4.69, 9.17) is 114 Å². The molecular weight excluding hydrogens is 1280 g/mol. The summed E-state index contributed by atoms with van der Waals surface area (Å²) in [4.78, 5) is 0. The first kappa shape index (κ1) is 99.0. The van der Waals surface area contributed by atoms with Gasteiger partial charge in [0.2, 0.25) is 0 Å². The lowest BCUT2D eigenvalue weighted by Crippen LogP contribution is -2.26. The van der Waals surface area contributed by atoms with Gasteiger partial charge in [0.15, 0.2) is 0 Å². The molecule has 0 aromatic carbocycles. The van der Waals surface area contributed by atoms with Crippen molar-refractivity contribution in [3.8, 4) is 0 Å². The van der Waals surface area contributed by atoms with Gasteiger partial charge in [-0.3, -0.25) is 0 Å². The topological polar surface area (TPSA) is 284 Å². The normalized spacial score (nSPS) is 17.0. The van der Waals surface area contributed by atoms with Gasteiger partial charge in [0.1, 0.15) is 66.6 Å². The lowest BCUT2D eigenvalue weighted by Gasteiger charge is -2.21. The van der Waals surface area contributed by atoms with Crippen molar-refractivity contribution in [2.45, 2.75) is 186 Å². The predicted molar refractivity (Wildman–Crippen MR) is 374 cm³/mol. The van der Waals surface area contributed by atoms with Gasteiger partial charge in [-0.1, -0.05) is 124 Å². The van der Waals surface area contributed by atoms with Crippen LogP contribution in [-0.2, 0) is 104 Å². The molecule has 0 aliphatic rings. The molecule has 0 amide bonds. The van der Waals surface area contributed by atoms with Crippen molar-refractivity contribution in [1.82, 2.24) is 0 Å². The summed E-state index contributed by atoms with van der Waals surface area (Å²) in [5.74, 6) is 3.06. The van der Waals surface area contributed by atoms with Gasteiger partial charge < -0.3 is 125 Å². The average Bonchev–Trinajstić information content (AvgIpc) is 3.15. The van der Waals surface area contributed by atoms with Crippen LogP contribution in [0.1, 0.15) is 149 Å². The summed E-state index contributed by atoms with van der Waals surface area (Å²) in [7, 11) is 0. The first-order valence-electron chi connectivity index (χ1n) is 36.7. The highest BCUT2D eigenvalue weighted by Gasteiger charge is 2.17. The molecule has 16 unspecified atom stereocenters. The van der Waals surface area contributed by atoms with E-state index in [2.05, 4.69) is 96.9 Å². The molecule has 0 aliphatic heterocycles. The molecule has 26 heteroatoms. The smallest absolute Gasteiger partial charge is 0.146 e. The van der Waals surface area contributed by atoms with Crippen LogP contribution in [0.5, 0.6) is 0 Å². The Morgan fingerprint density at radius 2 is 0.337 bits per heavy atom. The van der Waals surface area contributed by atoms with Crippen LogP contribution < -0.4 is 0 Å². The van der Waals surface area contributed by atoms with Gasteiger partial charge in [-0.25, -0.2) is 0 Å². The van der Waals surface area contributed by atoms with Crippen molar-refractivity contribution in [1.29, 1.82) is 0 Å². The average molecular weight is 1430 g/mol. The second kappa shape index (κ2) is 72.9. The summed E-state index contributed by atoms with van der Waals surface area (Å²) in [6.07, 6.45) is 3.65. The highest BCUT2D eigenvalue weighted by atomic mass is 16.7. The van der Waals surface area contributed by atoms with Crippen molar-refractivity contribution in [2.24, 2.45) is 59.2 Å². The van der Waals surface area contributed by atoms with E-state index in [0.717, 1.165) is 51.7 Å². The van der Waals surface area contributed by atoms with Crippen LogP contribution in [0.4, 0.5) is 0 Å². The molecule has 0 fully saturated rings. The molecule has 98 heavy (non-hydrogen) atoms. The minimum absolute atomic E-state index is 0.0182. The maximum Gasteiger partial charge on any atom is 0.146 e.